The van der Waals surface area contributed by atoms with E-state index in [1.165, 1.54) is 6.26 Å². The van der Waals surface area contributed by atoms with Crippen molar-refractivity contribution in [1.29, 1.82) is 0 Å². The molecule has 1 aromatic rings. The van der Waals surface area contributed by atoms with Gasteiger partial charge in [0.05, 0.1) is 6.26 Å². The number of ether oxygens (including phenoxy) is 3. The molecule has 5 heterocycles. The van der Waals surface area contributed by atoms with Crippen LogP contribution in [0.15, 0.2) is 22.8 Å². The van der Waals surface area contributed by atoms with Gasteiger partial charge in [-0.3, -0.25) is 0 Å². The zero-order valence-corrected chi connectivity index (χ0v) is 15.9. The maximum absolute atomic E-state index is 12.4. The SMILES string of the molecule is C[C@H]1[C@H](OC(=O)c2ccco2)O[C@@H]2O[C@@]3(C)CC[C@H]4[C@H](C)CC[C@H]1[C@@]24OO3. The maximum atomic E-state index is 12.4. The van der Waals surface area contributed by atoms with E-state index in [1.807, 2.05) is 13.8 Å². The molecule has 0 amide bonds. The number of fused-ring (bicyclic) bond motifs is 2. The van der Waals surface area contributed by atoms with E-state index >= 15 is 0 Å². The van der Waals surface area contributed by atoms with E-state index in [4.69, 9.17) is 28.4 Å². The molecule has 7 nitrogen and oxygen atoms in total. The Morgan fingerprint density at radius 1 is 1.19 bits per heavy atom. The summed E-state index contributed by atoms with van der Waals surface area (Å²) in [4.78, 5) is 24.3. The first-order valence-electron chi connectivity index (χ1n) is 9.87. The fraction of sp³-hybridized carbons (Fsp3) is 0.750. The average Bonchev–Trinajstić information content (AvgIpc) is 3.09. The molecule has 1 saturated carbocycles. The highest BCUT2D eigenvalue weighted by Crippen LogP contribution is 2.60. The Balaban J connectivity index is 1.47. The minimum absolute atomic E-state index is 0.0511. The van der Waals surface area contributed by atoms with E-state index in [0.717, 1.165) is 25.7 Å². The Morgan fingerprint density at radius 2 is 2.04 bits per heavy atom. The van der Waals surface area contributed by atoms with Crippen LogP contribution in [0.5, 0.6) is 0 Å². The van der Waals surface area contributed by atoms with Crippen LogP contribution in [-0.4, -0.2) is 29.9 Å². The lowest BCUT2D eigenvalue weighted by molar-refractivity contribution is -0.576. The Kier molecular flexibility index (Phi) is 3.95. The highest BCUT2D eigenvalue weighted by atomic mass is 17.3. The van der Waals surface area contributed by atoms with Crippen molar-refractivity contribution < 1.29 is 33.2 Å². The zero-order chi connectivity index (χ0) is 18.8. The first-order chi connectivity index (χ1) is 12.9. The Hall–Kier alpha value is -1.41. The molecule has 0 N–H and O–H groups in total. The van der Waals surface area contributed by atoms with E-state index in [1.54, 1.807) is 12.1 Å². The van der Waals surface area contributed by atoms with Crippen LogP contribution in [0, 0.1) is 23.7 Å². The number of hydrogen-bond acceptors (Lipinski definition) is 7. The third kappa shape index (κ3) is 2.52. The highest BCUT2D eigenvalue weighted by Gasteiger charge is 2.69. The van der Waals surface area contributed by atoms with Crippen molar-refractivity contribution in [2.24, 2.45) is 23.7 Å². The summed E-state index contributed by atoms with van der Waals surface area (Å²) in [6.45, 7) is 6.19. The maximum Gasteiger partial charge on any atom is 0.376 e. The van der Waals surface area contributed by atoms with Gasteiger partial charge in [-0.2, -0.15) is 0 Å². The molecule has 1 spiro atoms. The van der Waals surface area contributed by atoms with Gasteiger partial charge in [-0.1, -0.05) is 13.8 Å². The van der Waals surface area contributed by atoms with Crippen molar-refractivity contribution in [3.8, 4) is 0 Å². The molecular formula is C20H26O7. The second-order valence-corrected chi connectivity index (χ2v) is 8.66. The number of hydrogen-bond donors (Lipinski definition) is 0. The number of esters is 1. The van der Waals surface area contributed by atoms with Gasteiger partial charge in [0.15, 0.2) is 11.9 Å². The smallest absolute Gasteiger partial charge is 0.376 e. The van der Waals surface area contributed by atoms with E-state index in [2.05, 4.69) is 6.92 Å². The van der Waals surface area contributed by atoms with Crippen LogP contribution in [0.1, 0.15) is 57.0 Å². The van der Waals surface area contributed by atoms with Crippen LogP contribution >= 0.6 is 0 Å². The van der Waals surface area contributed by atoms with Gasteiger partial charge in [0.25, 0.3) is 0 Å². The summed E-state index contributed by atoms with van der Waals surface area (Å²) in [5.74, 6) is -0.358. The molecule has 0 radical (unpaired) electrons. The van der Waals surface area contributed by atoms with Gasteiger partial charge in [-0.05, 0) is 50.2 Å². The minimum Gasteiger partial charge on any atom is -0.457 e. The highest BCUT2D eigenvalue weighted by molar-refractivity contribution is 5.86. The third-order valence-corrected chi connectivity index (χ3v) is 7.04. The molecule has 27 heavy (non-hydrogen) atoms. The van der Waals surface area contributed by atoms with Crippen LogP contribution in [0.3, 0.4) is 0 Å². The number of furan rings is 1. The Morgan fingerprint density at radius 3 is 2.81 bits per heavy atom. The minimum atomic E-state index is -0.840. The van der Waals surface area contributed by atoms with Crippen LogP contribution in [0.25, 0.3) is 0 Å². The van der Waals surface area contributed by atoms with Crippen molar-refractivity contribution in [2.75, 3.05) is 0 Å². The molecule has 5 fully saturated rings. The van der Waals surface area contributed by atoms with Crippen molar-refractivity contribution in [2.45, 2.75) is 70.4 Å². The normalized spacial score (nSPS) is 48.6. The second kappa shape index (κ2) is 6.04. The topological polar surface area (TPSA) is 76.4 Å². The molecule has 5 aliphatic rings. The molecule has 1 aliphatic carbocycles. The predicted molar refractivity (Wildman–Crippen MR) is 91.0 cm³/mol. The van der Waals surface area contributed by atoms with E-state index < -0.39 is 29.9 Å². The van der Waals surface area contributed by atoms with Crippen molar-refractivity contribution in [3.05, 3.63) is 24.2 Å². The lowest BCUT2D eigenvalue weighted by atomic mass is 9.58. The molecule has 148 valence electrons. The average molecular weight is 378 g/mol. The van der Waals surface area contributed by atoms with Gasteiger partial charge < -0.3 is 18.6 Å². The second-order valence-electron chi connectivity index (χ2n) is 8.66. The number of carbonyl (C=O) groups excluding carboxylic acids is 1. The first kappa shape index (κ1) is 17.7. The van der Waals surface area contributed by atoms with Crippen LogP contribution in [0.2, 0.25) is 0 Å². The quantitative estimate of drug-likeness (QED) is 0.574. The molecule has 8 atom stereocenters. The van der Waals surface area contributed by atoms with Crippen LogP contribution < -0.4 is 0 Å². The van der Waals surface area contributed by atoms with Gasteiger partial charge in [0.1, 0.15) is 0 Å². The Labute approximate surface area is 158 Å². The monoisotopic (exact) mass is 378 g/mol. The standard InChI is InChI=1S/C20H26O7/c1-11-6-7-14-12(2)17(23-16(21)15-5-4-10-22-15)24-18-20(14)13(11)8-9-19(3,25-18)26-27-20/h4-5,10-14,17-18H,6-9H2,1-3H3/t11-,12-,13+,14-,17-,18-,19-,20-/m1/s1. The summed E-state index contributed by atoms with van der Waals surface area (Å²) in [6, 6.07) is 3.24. The molecule has 4 saturated heterocycles. The number of rotatable bonds is 2. The number of carbonyl (C=O) groups is 1. The zero-order valence-electron chi connectivity index (χ0n) is 15.9. The summed E-state index contributed by atoms with van der Waals surface area (Å²) in [5, 5.41) is 0. The van der Waals surface area contributed by atoms with E-state index in [0.29, 0.717) is 5.92 Å². The van der Waals surface area contributed by atoms with Crippen molar-refractivity contribution in [3.63, 3.8) is 0 Å². The van der Waals surface area contributed by atoms with E-state index in [9.17, 15) is 4.79 Å². The summed E-state index contributed by atoms with van der Waals surface area (Å²) < 4.78 is 23.3. The molecule has 4 aliphatic heterocycles. The molecular weight excluding hydrogens is 352 g/mol. The molecule has 1 aromatic heterocycles. The van der Waals surface area contributed by atoms with Crippen molar-refractivity contribution >= 4 is 5.97 Å². The lowest BCUT2D eigenvalue weighted by Crippen LogP contribution is -2.70. The predicted octanol–water partition coefficient (Wildman–Crippen LogP) is 3.64. The Bertz CT molecular complexity index is 718. The van der Waals surface area contributed by atoms with Gasteiger partial charge in [0, 0.05) is 18.3 Å². The largest absolute Gasteiger partial charge is 0.457 e. The van der Waals surface area contributed by atoms with Gasteiger partial charge >= 0.3 is 5.97 Å². The molecule has 6 rings (SSSR count). The summed E-state index contributed by atoms with van der Waals surface area (Å²) in [7, 11) is 0. The van der Waals surface area contributed by atoms with Crippen LogP contribution in [-0.2, 0) is 24.0 Å². The van der Waals surface area contributed by atoms with Gasteiger partial charge in [0.2, 0.25) is 17.8 Å². The van der Waals surface area contributed by atoms with E-state index in [-0.39, 0.29) is 23.5 Å². The summed E-state index contributed by atoms with van der Waals surface area (Å²) in [5.41, 5.74) is -0.652. The fourth-order valence-corrected chi connectivity index (χ4v) is 5.56. The first-order valence-corrected chi connectivity index (χ1v) is 9.87. The fourth-order valence-electron chi connectivity index (χ4n) is 5.56. The summed E-state index contributed by atoms with van der Waals surface area (Å²) in [6.07, 6.45) is 3.89. The molecule has 7 heteroatoms. The molecule has 0 aromatic carbocycles. The molecule has 2 bridgehead atoms. The van der Waals surface area contributed by atoms with Gasteiger partial charge in [-0.15, -0.1) is 0 Å². The van der Waals surface area contributed by atoms with Gasteiger partial charge in [-0.25, -0.2) is 14.6 Å². The molecule has 0 unspecified atom stereocenters. The lowest BCUT2D eigenvalue weighted by Gasteiger charge is -2.59. The summed E-state index contributed by atoms with van der Waals surface area (Å²) >= 11 is 0. The van der Waals surface area contributed by atoms with Crippen LogP contribution in [0.4, 0.5) is 0 Å². The van der Waals surface area contributed by atoms with Crippen molar-refractivity contribution in [1.82, 2.24) is 0 Å². The third-order valence-electron chi connectivity index (χ3n) is 7.04.